The zero-order valence-electron chi connectivity index (χ0n) is 7.73. The van der Waals surface area contributed by atoms with Crippen molar-refractivity contribution in [3.63, 3.8) is 0 Å². The Labute approximate surface area is 90.7 Å². The standard InChI is InChI=1S/C10H9NO3S/c12-9(13)5-8-10(14)11-6-3-1-2-4-7(6)15-8/h1-4,8H,5H2,(H,11,14)(H,12,13)/p-1. The van der Waals surface area contributed by atoms with Crippen molar-refractivity contribution in [2.45, 2.75) is 16.6 Å². The largest absolute Gasteiger partial charge is 0.550 e. The molecule has 2 rings (SSSR count). The van der Waals surface area contributed by atoms with E-state index in [1.54, 1.807) is 6.07 Å². The van der Waals surface area contributed by atoms with Crippen LogP contribution < -0.4 is 10.4 Å². The van der Waals surface area contributed by atoms with Crippen molar-refractivity contribution in [1.29, 1.82) is 0 Å². The molecule has 0 spiro atoms. The van der Waals surface area contributed by atoms with E-state index >= 15 is 0 Å². The summed E-state index contributed by atoms with van der Waals surface area (Å²) in [6, 6.07) is 7.30. The Morgan fingerprint density at radius 2 is 2.20 bits per heavy atom. The highest BCUT2D eigenvalue weighted by Gasteiger charge is 2.26. The van der Waals surface area contributed by atoms with Gasteiger partial charge in [-0.1, -0.05) is 12.1 Å². The molecule has 78 valence electrons. The predicted molar refractivity (Wildman–Crippen MR) is 54.3 cm³/mol. The minimum absolute atomic E-state index is 0.259. The number of rotatable bonds is 2. The highest BCUT2D eigenvalue weighted by molar-refractivity contribution is 8.01. The van der Waals surface area contributed by atoms with Crippen molar-refractivity contribution in [3.05, 3.63) is 24.3 Å². The number of para-hydroxylation sites is 1. The summed E-state index contributed by atoms with van der Waals surface area (Å²) in [5.74, 6) is -1.48. The van der Waals surface area contributed by atoms with Gasteiger partial charge in [0.25, 0.3) is 0 Å². The molecule has 1 aromatic carbocycles. The minimum atomic E-state index is -1.21. The molecular formula is C10H8NO3S-. The lowest BCUT2D eigenvalue weighted by Gasteiger charge is -2.23. The molecule has 0 saturated carbocycles. The van der Waals surface area contributed by atoms with Crippen LogP contribution in [0.4, 0.5) is 5.69 Å². The quantitative estimate of drug-likeness (QED) is 0.778. The van der Waals surface area contributed by atoms with Gasteiger partial charge >= 0.3 is 0 Å². The van der Waals surface area contributed by atoms with Crippen LogP contribution in [-0.4, -0.2) is 17.1 Å². The number of carboxylic acids is 1. The molecule has 1 heterocycles. The lowest BCUT2D eigenvalue weighted by Crippen LogP contribution is -2.35. The molecule has 1 aliphatic rings. The van der Waals surface area contributed by atoms with E-state index in [0.29, 0.717) is 0 Å². The fourth-order valence-electron chi connectivity index (χ4n) is 1.38. The van der Waals surface area contributed by atoms with E-state index in [1.807, 2.05) is 18.2 Å². The van der Waals surface area contributed by atoms with Gasteiger partial charge in [0.05, 0.1) is 10.9 Å². The first-order chi connectivity index (χ1) is 7.16. The maximum absolute atomic E-state index is 11.5. The molecule has 1 N–H and O–H groups in total. The first kappa shape index (κ1) is 10.0. The molecule has 0 saturated heterocycles. The number of carboxylic acid groups (broad SMARTS) is 1. The molecule has 1 atom stereocenters. The van der Waals surface area contributed by atoms with Gasteiger partial charge < -0.3 is 15.2 Å². The van der Waals surface area contributed by atoms with Gasteiger partial charge in [0.1, 0.15) is 0 Å². The molecule has 5 heteroatoms. The fraction of sp³-hybridized carbons (Fsp3) is 0.200. The van der Waals surface area contributed by atoms with Crippen LogP contribution in [0.5, 0.6) is 0 Å². The number of benzene rings is 1. The van der Waals surface area contributed by atoms with Crippen LogP contribution in [0.25, 0.3) is 0 Å². The maximum atomic E-state index is 11.5. The van der Waals surface area contributed by atoms with Crippen molar-refractivity contribution >= 4 is 29.3 Å². The summed E-state index contributed by atoms with van der Waals surface area (Å²) in [4.78, 5) is 22.8. The highest BCUT2D eigenvalue weighted by atomic mass is 32.2. The van der Waals surface area contributed by atoms with Crippen molar-refractivity contribution in [3.8, 4) is 0 Å². The molecule has 0 aromatic heterocycles. The molecule has 0 aliphatic carbocycles. The van der Waals surface area contributed by atoms with Crippen molar-refractivity contribution in [2.75, 3.05) is 5.32 Å². The number of nitrogens with one attached hydrogen (secondary N) is 1. The summed E-state index contributed by atoms with van der Waals surface area (Å²) in [7, 11) is 0. The summed E-state index contributed by atoms with van der Waals surface area (Å²) in [6.07, 6.45) is -0.259. The Bertz CT molecular complexity index is 419. The van der Waals surface area contributed by atoms with Gasteiger partial charge in [-0.2, -0.15) is 0 Å². The Balaban J connectivity index is 2.22. The third-order valence-electron chi connectivity index (χ3n) is 2.06. The van der Waals surface area contributed by atoms with Crippen LogP contribution in [0, 0.1) is 0 Å². The summed E-state index contributed by atoms with van der Waals surface area (Å²) in [5.41, 5.74) is 0.738. The van der Waals surface area contributed by atoms with Gasteiger partial charge in [-0.25, -0.2) is 0 Å². The molecule has 1 unspecified atom stereocenters. The van der Waals surface area contributed by atoms with Crippen molar-refractivity contribution < 1.29 is 14.7 Å². The number of aliphatic carboxylic acids is 1. The molecule has 15 heavy (non-hydrogen) atoms. The van der Waals surface area contributed by atoms with E-state index in [2.05, 4.69) is 5.32 Å². The number of hydrogen-bond donors (Lipinski definition) is 1. The average Bonchev–Trinajstić information content (AvgIpc) is 2.18. The van der Waals surface area contributed by atoms with Crippen LogP contribution in [-0.2, 0) is 9.59 Å². The van der Waals surface area contributed by atoms with Crippen molar-refractivity contribution in [1.82, 2.24) is 0 Å². The average molecular weight is 222 g/mol. The van der Waals surface area contributed by atoms with Gasteiger partial charge in [-0.05, 0) is 12.1 Å². The zero-order chi connectivity index (χ0) is 10.8. The van der Waals surface area contributed by atoms with E-state index in [-0.39, 0.29) is 12.3 Å². The van der Waals surface area contributed by atoms with Crippen LogP contribution in [0.15, 0.2) is 29.2 Å². The van der Waals surface area contributed by atoms with E-state index in [1.165, 1.54) is 11.8 Å². The molecule has 1 amide bonds. The Morgan fingerprint density at radius 1 is 1.47 bits per heavy atom. The third-order valence-corrected chi connectivity index (χ3v) is 3.33. The van der Waals surface area contributed by atoms with E-state index < -0.39 is 11.2 Å². The highest BCUT2D eigenvalue weighted by Crippen LogP contribution is 2.36. The van der Waals surface area contributed by atoms with Gasteiger partial charge in [-0.15, -0.1) is 11.8 Å². The number of amides is 1. The lowest BCUT2D eigenvalue weighted by molar-refractivity contribution is -0.305. The van der Waals surface area contributed by atoms with E-state index in [9.17, 15) is 14.7 Å². The van der Waals surface area contributed by atoms with E-state index in [0.717, 1.165) is 10.6 Å². The second-order valence-corrected chi connectivity index (χ2v) is 4.41. The van der Waals surface area contributed by atoms with Gasteiger partial charge in [0, 0.05) is 17.3 Å². The Kier molecular flexibility index (Phi) is 2.64. The van der Waals surface area contributed by atoms with Gasteiger partial charge in [-0.3, -0.25) is 4.79 Å². The second kappa shape index (κ2) is 3.94. The van der Waals surface area contributed by atoms with E-state index in [4.69, 9.17) is 0 Å². The smallest absolute Gasteiger partial charge is 0.238 e. The molecule has 1 aliphatic heterocycles. The second-order valence-electron chi connectivity index (χ2n) is 3.17. The maximum Gasteiger partial charge on any atom is 0.238 e. The summed E-state index contributed by atoms with van der Waals surface area (Å²) < 4.78 is 0. The SMILES string of the molecule is O=C([O-])CC1Sc2ccccc2NC1=O. The van der Waals surface area contributed by atoms with Crippen LogP contribution in [0.3, 0.4) is 0 Å². The van der Waals surface area contributed by atoms with Crippen molar-refractivity contribution in [2.24, 2.45) is 0 Å². The molecule has 0 fully saturated rings. The number of carbonyl (C=O) groups is 2. The molecule has 0 bridgehead atoms. The molecule has 1 aromatic rings. The summed E-state index contributed by atoms with van der Waals surface area (Å²) in [6.45, 7) is 0. The monoisotopic (exact) mass is 222 g/mol. The summed E-state index contributed by atoms with van der Waals surface area (Å²) >= 11 is 1.26. The van der Waals surface area contributed by atoms with Gasteiger partial charge in [0.15, 0.2) is 0 Å². The number of thioether (sulfide) groups is 1. The van der Waals surface area contributed by atoms with Crippen LogP contribution in [0.1, 0.15) is 6.42 Å². The first-order valence-electron chi connectivity index (χ1n) is 4.43. The molecule has 4 nitrogen and oxygen atoms in total. The minimum Gasteiger partial charge on any atom is -0.550 e. The molecular weight excluding hydrogens is 214 g/mol. The third kappa shape index (κ3) is 2.12. The predicted octanol–water partition coefficient (Wildman–Crippen LogP) is 0.239. The number of carbonyl (C=O) groups excluding carboxylic acids is 2. The summed E-state index contributed by atoms with van der Waals surface area (Å²) in [5, 5.41) is 12.5. The van der Waals surface area contributed by atoms with Crippen LogP contribution >= 0.6 is 11.8 Å². The van der Waals surface area contributed by atoms with Crippen LogP contribution in [0.2, 0.25) is 0 Å². The Hall–Kier alpha value is -1.49. The topological polar surface area (TPSA) is 69.2 Å². The van der Waals surface area contributed by atoms with Gasteiger partial charge in [0.2, 0.25) is 5.91 Å². The Morgan fingerprint density at radius 3 is 2.93 bits per heavy atom. The first-order valence-corrected chi connectivity index (χ1v) is 5.31. The molecule has 0 radical (unpaired) electrons. The lowest BCUT2D eigenvalue weighted by atomic mass is 10.2. The number of hydrogen-bond acceptors (Lipinski definition) is 4. The normalized spacial score (nSPS) is 19.2. The number of anilines is 1. The number of fused-ring (bicyclic) bond motifs is 1. The fourth-order valence-corrected chi connectivity index (χ4v) is 2.47. The zero-order valence-corrected chi connectivity index (χ0v) is 8.54.